The van der Waals surface area contributed by atoms with E-state index in [1.165, 1.54) is 12.1 Å². The maximum Gasteiger partial charge on any atom is 0.159 e. The quantitative estimate of drug-likeness (QED) is 0.841. The molecule has 18 heavy (non-hydrogen) atoms. The van der Waals surface area contributed by atoms with E-state index >= 15 is 0 Å². The van der Waals surface area contributed by atoms with Gasteiger partial charge in [0.05, 0.1) is 6.04 Å². The first-order valence-corrected chi connectivity index (χ1v) is 7.10. The molecule has 1 aromatic rings. The Morgan fingerprint density at radius 2 is 1.89 bits per heavy atom. The topological polar surface area (TPSA) is 35.1 Å². The number of hydrogen-bond acceptors (Lipinski definition) is 2. The fourth-order valence-corrected chi connectivity index (χ4v) is 2.88. The van der Waals surface area contributed by atoms with E-state index in [-0.39, 0.29) is 10.8 Å². The van der Waals surface area contributed by atoms with Crippen LogP contribution in [0, 0.1) is 11.6 Å². The molecule has 2 nitrogen and oxygen atoms in total. The molecule has 0 saturated heterocycles. The van der Waals surface area contributed by atoms with Crippen LogP contribution in [-0.2, 0) is 17.8 Å². The van der Waals surface area contributed by atoms with Crippen LogP contribution in [0.1, 0.15) is 44.4 Å². The minimum atomic E-state index is -1.21. The maximum atomic E-state index is 13.2. The SMILES string of the molecule is CC(C)(C)[S+]([O-])N[C@@H]1CCc2cc(F)c(F)cc21. The number of rotatable bonds is 2. The summed E-state index contributed by atoms with van der Waals surface area (Å²) in [5, 5.41) is 0. The minimum absolute atomic E-state index is 0.157. The molecule has 0 radical (unpaired) electrons. The van der Waals surface area contributed by atoms with Crippen LogP contribution in [0.5, 0.6) is 0 Å². The van der Waals surface area contributed by atoms with Crippen LogP contribution in [-0.4, -0.2) is 9.30 Å². The van der Waals surface area contributed by atoms with E-state index in [2.05, 4.69) is 4.72 Å². The summed E-state index contributed by atoms with van der Waals surface area (Å²) >= 11 is -1.21. The second-order valence-corrected chi connectivity index (χ2v) is 7.55. The van der Waals surface area contributed by atoms with Gasteiger partial charge in [0.1, 0.15) is 4.75 Å². The van der Waals surface area contributed by atoms with Crippen molar-refractivity contribution in [3.63, 3.8) is 0 Å². The molecule has 2 atom stereocenters. The average molecular weight is 273 g/mol. The van der Waals surface area contributed by atoms with E-state index in [0.717, 1.165) is 17.5 Å². The third-order valence-corrected chi connectivity index (χ3v) is 4.68. The lowest BCUT2D eigenvalue weighted by Crippen LogP contribution is -2.40. The lowest BCUT2D eigenvalue weighted by atomic mass is 10.1. The van der Waals surface area contributed by atoms with Crippen LogP contribution in [0.25, 0.3) is 0 Å². The van der Waals surface area contributed by atoms with Crippen LogP contribution in [0.15, 0.2) is 12.1 Å². The smallest absolute Gasteiger partial charge is 0.159 e. The van der Waals surface area contributed by atoms with Crippen molar-refractivity contribution in [2.75, 3.05) is 0 Å². The van der Waals surface area contributed by atoms with E-state index in [0.29, 0.717) is 6.42 Å². The summed E-state index contributed by atoms with van der Waals surface area (Å²) in [4.78, 5) is 0. The Morgan fingerprint density at radius 3 is 2.50 bits per heavy atom. The molecule has 0 heterocycles. The third kappa shape index (κ3) is 2.68. The average Bonchev–Trinajstić information content (AvgIpc) is 2.61. The van der Waals surface area contributed by atoms with Gasteiger partial charge in [0, 0.05) is 11.4 Å². The molecule has 0 aromatic heterocycles. The molecular formula is C13H17F2NOS. The zero-order chi connectivity index (χ0) is 13.5. The lowest BCUT2D eigenvalue weighted by Gasteiger charge is -2.26. The van der Waals surface area contributed by atoms with Crippen molar-refractivity contribution in [3.8, 4) is 0 Å². The van der Waals surface area contributed by atoms with Crippen molar-refractivity contribution in [2.24, 2.45) is 0 Å². The number of halogens is 2. The van der Waals surface area contributed by atoms with E-state index in [1.54, 1.807) is 0 Å². The first kappa shape index (κ1) is 13.8. The fourth-order valence-electron chi connectivity index (χ4n) is 2.03. The van der Waals surface area contributed by atoms with Crippen LogP contribution in [0.3, 0.4) is 0 Å². The molecule has 100 valence electrons. The summed E-state index contributed by atoms with van der Waals surface area (Å²) in [5.41, 5.74) is 1.53. The molecule has 1 N–H and O–H groups in total. The summed E-state index contributed by atoms with van der Waals surface area (Å²) in [6.07, 6.45) is 1.41. The minimum Gasteiger partial charge on any atom is -0.598 e. The molecule has 0 fully saturated rings. The fraction of sp³-hybridized carbons (Fsp3) is 0.538. The van der Waals surface area contributed by atoms with Gasteiger partial charge in [0.25, 0.3) is 0 Å². The summed E-state index contributed by atoms with van der Waals surface area (Å²) in [5.74, 6) is -1.66. The molecule has 0 saturated carbocycles. The van der Waals surface area contributed by atoms with Crippen LogP contribution in [0.4, 0.5) is 8.78 Å². The van der Waals surface area contributed by atoms with Gasteiger partial charge in [-0.25, -0.2) is 8.78 Å². The lowest BCUT2D eigenvalue weighted by molar-refractivity contribution is 0.503. The summed E-state index contributed by atoms with van der Waals surface area (Å²) in [7, 11) is 0. The van der Waals surface area contributed by atoms with Gasteiger partial charge < -0.3 is 4.55 Å². The molecule has 0 aliphatic heterocycles. The first-order valence-electron chi connectivity index (χ1n) is 5.95. The van der Waals surface area contributed by atoms with Crippen LogP contribution >= 0.6 is 0 Å². The van der Waals surface area contributed by atoms with Gasteiger partial charge in [-0.1, -0.05) is 0 Å². The third-order valence-electron chi connectivity index (χ3n) is 3.07. The highest BCUT2D eigenvalue weighted by Gasteiger charge is 2.33. The van der Waals surface area contributed by atoms with Crippen molar-refractivity contribution in [3.05, 3.63) is 34.9 Å². The molecule has 0 amide bonds. The van der Waals surface area contributed by atoms with Gasteiger partial charge >= 0.3 is 0 Å². The summed E-state index contributed by atoms with van der Waals surface area (Å²) in [6, 6.07) is 2.30. The van der Waals surface area contributed by atoms with Crippen molar-refractivity contribution in [1.29, 1.82) is 0 Å². The first-order chi connectivity index (χ1) is 8.29. The van der Waals surface area contributed by atoms with E-state index in [4.69, 9.17) is 0 Å². The second-order valence-electron chi connectivity index (χ2n) is 5.56. The number of nitrogens with one attached hydrogen (secondary N) is 1. The molecule has 2 rings (SSSR count). The largest absolute Gasteiger partial charge is 0.598 e. The molecule has 1 aromatic carbocycles. The Morgan fingerprint density at radius 1 is 1.28 bits per heavy atom. The van der Waals surface area contributed by atoms with Crippen LogP contribution < -0.4 is 4.72 Å². The van der Waals surface area contributed by atoms with Gasteiger partial charge in [-0.05, 0) is 56.9 Å². The Bertz CT molecular complexity index is 459. The highest BCUT2D eigenvalue weighted by Crippen LogP contribution is 2.34. The molecule has 1 aliphatic rings. The Hall–Kier alpha value is -0.650. The van der Waals surface area contributed by atoms with Crippen molar-refractivity contribution >= 4 is 11.4 Å². The zero-order valence-corrected chi connectivity index (χ0v) is 11.5. The van der Waals surface area contributed by atoms with Gasteiger partial charge in [0.2, 0.25) is 0 Å². The predicted molar refractivity (Wildman–Crippen MR) is 68.5 cm³/mol. The van der Waals surface area contributed by atoms with Crippen molar-refractivity contribution < 1.29 is 13.3 Å². The van der Waals surface area contributed by atoms with E-state index in [9.17, 15) is 13.3 Å². The predicted octanol–water partition coefficient (Wildman–Crippen LogP) is 3.00. The molecule has 5 heteroatoms. The second kappa shape index (κ2) is 4.79. The normalized spacial score (nSPS) is 20.9. The van der Waals surface area contributed by atoms with Gasteiger partial charge in [-0.15, -0.1) is 4.72 Å². The Kier molecular flexibility index (Phi) is 3.67. The van der Waals surface area contributed by atoms with Gasteiger partial charge in [-0.2, -0.15) is 0 Å². The molecule has 1 unspecified atom stereocenters. The summed E-state index contributed by atoms with van der Waals surface area (Å²) in [6.45, 7) is 5.62. The Balaban J connectivity index is 2.19. The number of fused-ring (bicyclic) bond motifs is 1. The summed E-state index contributed by atoms with van der Waals surface area (Å²) < 4.78 is 41.0. The maximum absolute atomic E-state index is 13.2. The molecular weight excluding hydrogens is 256 g/mol. The molecule has 0 spiro atoms. The number of aryl methyl sites for hydroxylation is 1. The highest BCUT2D eigenvalue weighted by molar-refractivity contribution is 7.90. The molecule has 0 bridgehead atoms. The Labute approximate surface area is 109 Å². The number of benzene rings is 1. The van der Waals surface area contributed by atoms with E-state index < -0.39 is 23.0 Å². The van der Waals surface area contributed by atoms with Gasteiger partial charge in [0.15, 0.2) is 11.6 Å². The number of hydrogen-bond donors (Lipinski definition) is 1. The standard InChI is InChI=1S/C13H17F2NOS/c1-13(2,3)18(17)16-12-5-4-8-6-10(14)11(15)7-9(8)12/h6-7,12,16H,4-5H2,1-3H3/t12-,18?/m1/s1. The van der Waals surface area contributed by atoms with Crippen molar-refractivity contribution in [1.82, 2.24) is 4.72 Å². The van der Waals surface area contributed by atoms with Gasteiger partial charge in [-0.3, -0.25) is 0 Å². The molecule has 1 aliphatic carbocycles. The monoisotopic (exact) mass is 273 g/mol. The van der Waals surface area contributed by atoms with Crippen molar-refractivity contribution in [2.45, 2.75) is 44.4 Å². The van der Waals surface area contributed by atoms with E-state index in [1.807, 2.05) is 20.8 Å². The zero-order valence-electron chi connectivity index (χ0n) is 10.7. The highest BCUT2D eigenvalue weighted by atomic mass is 32.2. The van der Waals surface area contributed by atoms with Crippen LogP contribution in [0.2, 0.25) is 0 Å².